The summed E-state index contributed by atoms with van der Waals surface area (Å²) >= 11 is 16.3. The number of alkyl halides is 1. The van der Waals surface area contributed by atoms with Gasteiger partial charge in [0.2, 0.25) is 0 Å². The molecule has 3 heteroatoms. The fourth-order valence-electron chi connectivity index (χ4n) is 1.91. The molecule has 0 fully saturated rings. The molecule has 0 heterocycles. The minimum Gasteiger partial charge on any atom is -0.113 e. The van der Waals surface area contributed by atoms with Crippen molar-refractivity contribution in [2.45, 2.75) is 19.2 Å². The first-order valence-electron chi connectivity index (χ1n) is 5.65. The largest absolute Gasteiger partial charge is 0.113 e. The van der Waals surface area contributed by atoms with E-state index in [1.165, 1.54) is 11.1 Å². The Labute approximate surface area is 126 Å². The van der Waals surface area contributed by atoms with Crippen molar-refractivity contribution in [1.82, 2.24) is 0 Å². The van der Waals surface area contributed by atoms with Gasteiger partial charge in [0.1, 0.15) is 0 Å². The van der Waals surface area contributed by atoms with Crippen molar-refractivity contribution in [3.63, 3.8) is 0 Å². The monoisotopic (exact) mass is 342 g/mol. The predicted molar refractivity (Wildman–Crippen MR) is 82.8 cm³/mol. The number of benzene rings is 2. The predicted octanol–water partition coefficient (Wildman–Crippen LogP) is 6.05. The molecule has 0 nitrogen and oxygen atoms in total. The molecule has 2 rings (SSSR count). The highest BCUT2D eigenvalue weighted by atomic mass is 79.9. The maximum Gasteiger partial charge on any atom is 0.0852 e. The number of halogens is 3. The van der Waals surface area contributed by atoms with Gasteiger partial charge in [-0.1, -0.05) is 51.3 Å². The first kappa shape index (κ1) is 13.9. The van der Waals surface area contributed by atoms with Crippen molar-refractivity contribution < 1.29 is 0 Å². The number of hydrogen-bond donors (Lipinski definition) is 0. The minimum absolute atomic E-state index is 0.227. The van der Waals surface area contributed by atoms with Crippen molar-refractivity contribution in [1.29, 1.82) is 0 Å². The van der Waals surface area contributed by atoms with Crippen LogP contribution in [0, 0.1) is 13.8 Å². The minimum atomic E-state index is -0.227. The average molecular weight is 344 g/mol. The van der Waals surface area contributed by atoms with Gasteiger partial charge in [0.15, 0.2) is 0 Å². The third kappa shape index (κ3) is 2.90. The molecule has 18 heavy (non-hydrogen) atoms. The third-order valence-electron chi connectivity index (χ3n) is 2.94. The molecule has 0 bridgehead atoms. The van der Waals surface area contributed by atoms with E-state index in [1.54, 1.807) is 0 Å². The lowest BCUT2D eigenvalue weighted by Gasteiger charge is -2.15. The fourth-order valence-corrected chi connectivity index (χ4v) is 2.99. The van der Waals surface area contributed by atoms with Gasteiger partial charge in [-0.15, -0.1) is 11.6 Å². The van der Waals surface area contributed by atoms with Crippen molar-refractivity contribution in [3.05, 3.63) is 68.1 Å². The second-order valence-corrected chi connectivity index (χ2v) is 6.15. The van der Waals surface area contributed by atoms with E-state index in [0.717, 1.165) is 15.6 Å². The summed E-state index contributed by atoms with van der Waals surface area (Å²) in [6.45, 7) is 4.13. The highest BCUT2D eigenvalue weighted by Gasteiger charge is 2.16. The second-order valence-electron chi connectivity index (χ2n) is 4.39. The lowest BCUT2D eigenvalue weighted by molar-refractivity contribution is 1.10. The highest BCUT2D eigenvalue weighted by Crippen LogP contribution is 2.36. The smallest absolute Gasteiger partial charge is 0.0852 e. The first-order chi connectivity index (χ1) is 8.49. The van der Waals surface area contributed by atoms with E-state index >= 15 is 0 Å². The van der Waals surface area contributed by atoms with Gasteiger partial charge in [0.25, 0.3) is 0 Å². The molecule has 94 valence electrons. The second kappa shape index (κ2) is 5.64. The maximum absolute atomic E-state index is 6.58. The highest BCUT2D eigenvalue weighted by molar-refractivity contribution is 9.10. The average Bonchev–Trinajstić information content (AvgIpc) is 2.34. The van der Waals surface area contributed by atoms with Crippen LogP contribution >= 0.6 is 39.1 Å². The standard InChI is InChI=1S/C15H13BrCl2/c1-9-3-4-10(2)12(7-9)15(18)13-8-11(16)5-6-14(13)17/h3-8,15H,1-2H3. The Bertz CT molecular complexity index is 527. The summed E-state index contributed by atoms with van der Waals surface area (Å²) in [6, 6.07) is 12.0. The molecule has 0 saturated heterocycles. The Morgan fingerprint density at radius 3 is 2.44 bits per heavy atom. The zero-order chi connectivity index (χ0) is 13.3. The first-order valence-corrected chi connectivity index (χ1v) is 7.26. The van der Waals surface area contributed by atoms with E-state index in [9.17, 15) is 0 Å². The van der Waals surface area contributed by atoms with Crippen molar-refractivity contribution in [2.24, 2.45) is 0 Å². The molecule has 0 N–H and O–H groups in total. The Morgan fingerprint density at radius 2 is 1.72 bits per heavy atom. The van der Waals surface area contributed by atoms with Crippen molar-refractivity contribution >= 4 is 39.1 Å². The summed E-state index contributed by atoms with van der Waals surface area (Å²) < 4.78 is 0.984. The van der Waals surface area contributed by atoms with E-state index in [1.807, 2.05) is 18.2 Å². The van der Waals surface area contributed by atoms with E-state index in [0.29, 0.717) is 5.02 Å². The van der Waals surface area contributed by atoms with Crippen LogP contribution in [0.5, 0.6) is 0 Å². The molecule has 2 aromatic carbocycles. The number of hydrogen-bond acceptors (Lipinski definition) is 0. The molecule has 2 aromatic rings. The Morgan fingerprint density at radius 1 is 1.00 bits per heavy atom. The van der Waals surface area contributed by atoms with E-state index in [2.05, 4.69) is 48.0 Å². The maximum atomic E-state index is 6.58. The zero-order valence-electron chi connectivity index (χ0n) is 10.2. The van der Waals surface area contributed by atoms with Crippen molar-refractivity contribution in [3.8, 4) is 0 Å². The Hall–Kier alpha value is -0.500. The lowest BCUT2D eigenvalue weighted by Crippen LogP contribution is -1.98. The van der Waals surface area contributed by atoms with Crippen LogP contribution in [0.4, 0.5) is 0 Å². The Kier molecular flexibility index (Phi) is 4.37. The molecule has 0 spiro atoms. The summed E-state index contributed by atoms with van der Waals surface area (Å²) in [4.78, 5) is 0. The van der Waals surface area contributed by atoms with Gasteiger partial charge in [0.05, 0.1) is 5.38 Å². The van der Waals surface area contributed by atoms with Crippen LogP contribution in [0.3, 0.4) is 0 Å². The van der Waals surface area contributed by atoms with Gasteiger partial charge in [-0.25, -0.2) is 0 Å². The van der Waals surface area contributed by atoms with Crippen LogP contribution in [0.25, 0.3) is 0 Å². The van der Waals surface area contributed by atoms with Crippen LogP contribution in [0.2, 0.25) is 5.02 Å². The molecule has 1 atom stereocenters. The SMILES string of the molecule is Cc1ccc(C)c(C(Cl)c2cc(Br)ccc2Cl)c1. The normalized spacial score (nSPS) is 12.5. The molecular weight excluding hydrogens is 331 g/mol. The topological polar surface area (TPSA) is 0 Å². The lowest BCUT2D eigenvalue weighted by atomic mass is 9.98. The molecule has 0 aliphatic heterocycles. The van der Waals surface area contributed by atoms with Crippen LogP contribution < -0.4 is 0 Å². The molecule has 0 saturated carbocycles. The van der Waals surface area contributed by atoms with Crippen LogP contribution in [-0.4, -0.2) is 0 Å². The van der Waals surface area contributed by atoms with Gasteiger partial charge in [-0.2, -0.15) is 0 Å². The Balaban J connectivity index is 2.50. The molecule has 0 radical (unpaired) electrons. The fraction of sp³-hybridized carbons (Fsp3) is 0.200. The van der Waals surface area contributed by atoms with Crippen LogP contribution in [0.1, 0.15) is 27.6 Å². The van der Waals surface area contributed by atoms with Crippen molar-refractivity contribution in [2.75, 3.05) is 0 Å². The van der Waals surface area contributed by atoms with E-state index < -0.39 is 0 Å². The van der Waals surface area contributed by atoms with E-state index in [4.69, 9.17) is 23.2 Å². The van der Waals surface area contributed by atoms with Crippen LogP contribution in [-0.2, 0) is 0 Å². The quantitative estimate of drug-likeness (QED) is 0.582. The summed E-state index contributed by atoms with van der Waals surface area (Å²) in [6.07, 6.45) is 0. The van der Waals surface area contributed by atoms with Gasteiger partial charge < -0.3 is 0 Å². The number of aryl methyl sites for hydroxylation is 2. The molecule has 1 unspecified atom stereocenters. The molecule has 0 amide bonds. The van der Waals surface area contributed by atoms with Gasteiger partial charge in [0, 0.05) is 9.50 Å². The molecule has 0 aliphatic carbocycles. The molecule has 0 aromatic heterocycles. The van der Waals surface area contributed by atoms with E-state index in [-0.39, 0.29) is 5.38 Å². The summed E-state index contributed by atoms with van der Waals surface area (Å²) in [5.74, 6) is 0. The summed E-state index contributed by atoms with van der Waals surface area (Å²) in [7, 11) is 0. The van der Waals surface area contributed by atoms with Gasteiger partial charge in [-0.3, -0.25) is 0 Å². The molecular formula is C15H13BrCl2. The van der Waals surface area contributed by atoms with Gasteiger partial charge >= 0.3 is 0 Å². The molecule has 0 aliphatic rings. The van der Waals surface area contributed by atoms with Gasteiger partial charge in [-0.05, 0) is 48.7 Å². The summed E-state index contributed by atoms with van der Waals surface area (Å²) in [5.41, 5.74) is 4.42. The number of rotatable bonds is 2. The third-order valence-corrected chi connectivity index (χ3v) is 4.25. The zero-order valence-corrected chi connectivity index (χ0v) is 13.3. The van der Waals surface area contributed by atoms with Crippen LogP contribution in [0.15, 0.2) is 40.9 Å². The summed E-state index contributed by atoms with van der Waals surface area (Å²) in [5, 5.41) is 0.467.